The topological polar surface area (TPSA) is 58.6 Å². The van der Waals surface area contributed by atoms with Crippen LogP contribution in [0.5, 0.6) is 0 Å². The fourth-order valence-electron chi connectivity index (χ4n) is 2.47. The Labute approximate surface area is 162 Å². The highest BCUT2D eigenvalue weighted by Gasteiger charge is 2.38. The molecule has 2 atom stereocenters. The number of halogens is 6. The number of ether oxygens (including phenoxy) is 1. The van der Waals surface area contributed by atoms with Gasteiger partial charge in [-0.05, 0) is 36.2 Å². The molecule has 0 aliphatic carbocycles. The van der Waals surface area contributed by atoms with E-state index in [0.717, 1.165) is 0 Å². The van der Waals surface area contributed by atoms with E-state index in [1.54, 1.807) is 30.3 Å². The zero-order valence-electron chi connectivity index (χ0n) is 15.0. The molecule has 1 amide bonds. The van der Waals surface area contributed by atoms with E-state index in [9.17, 15) is 36.2 Å². The van der Waals surface area contributed by atoms with Gasteiger partial charge in [0, 0.05) is 0 Å². The number of hydrogen-bond donors (Lipinski definition) is 2. The summed E-state index contributed by atoms with van der Waals surface area (Å²) < 4.78 is 82.5. The molecule has 2 aromatic carbocycles. The number of aliphatic hydroxyl groups is 1. The molecule has 0 aromatic heterocycles. The number of hydrogen-bond acceptors (Lipinski definition) is 3. The van der Waals surface area contributed by atoms with Gasteiger partial charge in [-0.25, -0.2) is 4.79 Å². The lowest BCUT2D eigenvalue weighted by molar-refractivity contribution is -0.143. The Balaban J connectivity index is 2.13. The average Bonchev–Trinajstić information content (AvgIpc) is 2.64. The summed E-state index contributed by atoms with van der Waals surface area (Å²) in [6, 6.07) is 8.13. The van der Waals surface area contributed by atoms with E-state index in [0.29, 0.717) is 17.7 Å². The molecule has 2 N–H and O–H groups in total. The van der Waals surface area contributed by atoms with E-state index in [1.807, 2.05) is 0 Å². The first-order chi connectivity index (χ1) is 13.4. The van der Waals surface area contributed by atoms with Crippen LogP contribution in [-0.2, 0) is 23.7 Å². The van der Waals surface area contributed by atoms with Gasteiger partial charge in [0.05, 0.1) is 23.3 Å². The second-order valence-electron chi connectivity index (χ2n) is 6.28. The van der Waals surface area contributed by atoms with Gasteiger partial charge < -0.3 is 15.2 Å². The van der Waals surface area contributed by atoms with E-state index < -0.39 is 47.3 Å². The molecule has 10 heteroatoms. The summed E-state index contributed by atoms with van der Waals surface area (Å²) in [5, 5.41) is 12.4. The zero-order valence-corrected chi connectivity index (χ0v) is 15.0. The van der Waals surface area contributed by atoms with Crippen LogP contribution in [-0.4, -0.2) is 17.2 Å². The Morgan fingerprint density at radius 2 is 1.52 bits per heavy atom. The van der Waals surface area contributed by atoms with Gasteiger partial charge in [0.2, 0.25) is 0 Å². The van der Waals surface area contributed by atoms with Crippen LogP contribution in [0.3, 0.4) is 0 Å². The number of rotatable bonds is 5. The molecule has 0 unspecified atom stereocenters. The molecule has 2 rings (SSSR count). The molecule has 2 aromatic rings. The predicted molar refractivity (Wildman–Crippen MR) is 90.6 cm³/mol. The Morgan fingerprint density at radius 1 is 1.00 bits per heavy atom. The van der Waals surface area contributed by atoms with E-state index in [4.69, 9.17) is 4.74 Å². The van der Waals surface area contributed by atoms with E-state index in [1.165, 1.54) is 6.92 Å². The van der Waals surface area contributed by atoms with Gasteiger partial charge >= 0.3 is 18.4 Å². The van der Waals surface area contributed by atoms with Crippen molar-refractivity contribution in [2.24, 2.45) is 0 Å². The molecule has 4 nitrogen and oxygen atoms in total. The highest BCUT2D eigenvalue weighted by atomic mass is 19.4. The number of nitrogens with one attached hydrogen (secondary N) is 1. The molecule has 0 spiro atoms. The van der Waals surface area contributed by atoms with Gasteiger partial charge in [-0.1, -0.05) is 30.3 Å². The summed E-state index contributed by atoms with van der Waals surface area (Å²) >= 11 is 0. The summed E-state index contributed by atoms with van der Waals surface area (Å²) in [6.45, 7) is 1.12. The van der Waals surface area contributed by atoms with Crippen molar-refractivity contribution in [3.05, 3.63) is 70.8 Å². The minimum absolute atomic E-state index is 0.0392. The van der Waals surface area contributed by atoms with Crippen molar-refractivity contribution in [1.82, 2.24) is 5.32 Å². The summed E-state index contributed by atoms with van der Waals surface area (Å²) in [5.74, 6) is 0. The molecule has 0 saturated heterocycles. The first-order valence-electron chi connectivity index (χ1n) is 8.32. The summed E-state index contributed by atoms with van der Waals surface area (Å²) in [6.07, 6.45) is -12.9. The molecule has 0 bridgehead atoms. The van der Waals surface area contributed by atoms with Crippen LogP contribution in [0.15, 0.2) is 48.5 Å². The van der Waals surface area contributed by atoms with Crippen LogP contribution in [0.25, 0.3) is 0 Å². The quantitative estimate of drug-likeness (QED) is 0.663. The average molecular weight is 421 g/mol. The van der Waals surface area contributed by atoms with Gasteiger partial charge in [0.15, 0.2) is 0 Å². The molecule has 0 aliphatic heterocycles. The molecular formula is C19H17F6NO3. The number of alkyl carbamates (subject to hydrolysis) is 1. The van der Waals surface area contributed by atoms with Crippen LogP contribution in [0.1, 0.15) is 35.3 Å². The van der Waals surface area contributed by atoms with Crippen LogP contribution < -0.4 is 5.32 Å². The SMILES string of the molecule is C[C@H](NC(=O)OCc1ccccc1)[C@H](O)c1cc(C(F)(F)F)cc(C(F)(F)F)c1. The highest BCUT2D eigenvalue weighted by Crippen LogP contribution is 2.37. The lowest BCUT2D eigenvalue weighted by Gasteiger charge is -2.22. The van der Waals surface area contributed by atoms with Crippen LogP contribution >= 0.6 is 0 Å². The Bertz CT molecular complexity index is 804. The van der Waals surface area contributed by atoms with Crippen molar-refractivity contribution in [2.45, 2.75) is 38.0 Å². The maximum Gasteiger partial charge on any atom is 0.416 e. The van der Waals surface area contributed by atoms with Crippen LogP contribution in [0.2, 0.25) is 0 Å². The minimum Gasteiger partial charge on any atom is -0.445 e. The molecule has 29 heavy (non-hydrogen) atoms. The van der Waals surface area contributed by atoms with Crippen molar-refractivity contribution in [3.63, 3.8) is 0 Å². The maximum absolute atomic E-state index is 12.9. The summed E-state index contributed by atoms with van der Waals surface area (Å²) in [4.78, 5) is 11.8. The van der Waals surface area contributed by atoms with Gasteiger partial charge in [-0.2, -0.15) is 26.3 Å². The lowest BCUT2D eigenvalue weighted by atomic mass is 9.97. The maximum atomic E-state index is 12.9. The number of aliphatic hydroxyl groups excluding tert-OH is 1. The minimum atomic E-state index is -5.04. The molecular weight excluding hydrogens is 404 g/mol. The first kappa shape index (κ1) is 22.5. The summed E-state index contributed by atoms with van der Waals surface area (Å²) in [5.41, 5.74) is -3.08. The number of amides is 1. The number of benzene rings is 2. The first-order valence-corrected chi connectivity index (χ1v) is 8.32. The third kappa shape index (κ3) is 6.38. The van der Waals surface area contributed by atoms with Crippen molar-refractivity contribution >= 4 is 6.09 Å². The van der Waals surface area contributed by atoms with Crippen molar-refractivity contribution in [3.8, 4) is 0 Å². The number of carbonyl (C=O) groups is 1. The zero-order chi connectivity index (χ0) is 21.8. The predicted octanol–water partition coefficient (Wildman–Crippen LogP) is 5.07. The Kier molecular flexibility index (Phi) is 6.78. The van der Waals surface area contributed by atoms with Gasteiger partial charge in [-0.3, -0.25) is 0 Å². The van der Waals surface area contributed by atoms with E-state index in [-0.39, 0.29) is 12.7 Å². The third-order valence-electron chi connectivity index (χ3n) is 3.98. The fraction of sp³-hybridized carbons (Fsp3) is 0.316. The molecule has 158 valence electrons. The smallest absolute Gasteiger partial charge is 0.416 e. The van der Waals surface area contributed by atoms with Crippen LogP contribution in [0, 0.1) is 0 Å². The van der Waals surface area contributed by atoms with Crippen LogP contribution in [0.4, 0.5) is 31.1 Å². The van der Waals surface area contributed by atoms with Crippen molar-refractivity contribution < 1.29 is 41.0 Å². The Morgan fingerprint density at radius 3 is 2.00 bits per heavy atom. The fourth-order valence-corrected chi connectivity index (χ4v) is 2.47. The van der Waals surface area contributed by atoms with Crippen molar-refractivity contribution in [2.75, 3.05) is 0 Å². The Hall–Kier alpha value is -2.75. The summed E-state index contributed by atoms with van der Waals surface area (Å²) in [7, 11) is 0. The van der Waals surface area contributed by atoms with Gasteiger partial charge in [0.1, 0.15) is 6.61 Å². The lowest BCUT2D eigenvalue weighted by Crippen LogP contribution is -2.37. The van der Waals surface area contributed by atoms with Crippen molar-refractivity contribution in [1.29, 1.82) is 0 Å². The molecule has 0 aliphatic rings. The molecule has 0 radical (unpaired) electrons. The normalized spacial score (nSPS) is 14.2. The highest BCUT2D eigenvalue weighted by molar-refractivity contribution is 5.67. The second-order valence-corrected chi connectivity index (χ2v) is 6.28. The number of carbonyl (C=O) groups excluding carboxylic acids is 1. The molecule has 0 saturated carbocycles. The molecule has 0 heterocycles. The van der Waals surface area contributed by atoms with E-state index in [2.05, 4.69) is 5.32 Å². The largest absolute Gasteiger partial charge is 0.445 e. The molecule has 0 fully saturated rings. The number of alkyl halides is 6. The third-order valence-corrected chi connectivity index (χ3v) is 3.98. The standard InChI is InChI=1S/C19H17F6NO3/c1-11(26-17(28)29-10-12-5-3-2-4-6-12)16(27)13-7-14(18(20,21)22)9-15(8-13)19(23,24)25/h2-9,11,16,27H,10H2,1H3,(H,26,28)/t11-,16-/m0/s1. The van der Waals surface area contributed by atoms with Gasteiger partial charge in [0.25, 0.3) is 0 Å². The monoisotopic (exact) mass is 421 g/mol. The van der Waals surface area contributed by atoms with Gasteiger partial charge in [-0.15, -0.1) is 0 Å². The second kappa shape index (κ2) is 8.73. The van der Waals surface area contributed by atoms with E-state index >= 15 is 0 Å².